The molecule has 0 bridgehead atoms. The lowest BCUT2D eigenvalue weighted by Gasteiger charge is -2.25. The first-order valence-electron chi connectivity index (χ1n) is 15.8. The summed E-state index contributed by atoms with van der Waals surface area (Å²) in [6.07, 6.45) is 1.39. The zero-order valence-electron chi connectivity index (χ0n) is 25.2. The van der Waals surface area contributed by atoms with Crippen LogP contribution in [0.5, 0.6) is 0 Å². The zero-order valence-corrected chi connectivity index (χ0v) is 25.2. The highest BCUT2D eigenvalue weighted by Crippen LogP contribution is 2.36. The molecule has 0 radical (unpaired) electrons. The summed E-state index contributed by atoms with van der Waals surface area (Å²) in [5, 5.41) is 15.1. The fourth-order valence-electron chi connectivity index (χ4n) is 7.16. The predicted molar refractivity (Wildman–Crippen MR) is 193 cm³/mol. The molecule has 1 aliphatic rings. The maximum atomic E-state index is 6.18. The maximum absolute atomic E-state index is 6.18. The molecule has 5 heteroatoms. The summed E-state index contributed by atoms with van der Waals surface area (Å²) < 4.78 is 6.18. The molecule has 5 nitrogen and oxygen atoms in total. The number of pyridine rings is 1. The zero-order chi connectivity index (χ0) is 30.9. The molecule has 2 aromatic heterocycles. The van der Waals surface area contributed by atoms with E-state index in [0.717, 1.165) is 44.3 Å². The van der Waals surface area contributed by atoms with Gasteiger partial charge in [0.25, 0.3) is 0 Å². The molecule has 9 aromatic rings. The highest BCUT2D eigenvalue weighted by Gasteiger charge is 2.25. The number of fused-ring (bicyclic) bond motifs is 9. The van der Waals surface area contributed by atoms with Crippen LogP contribution in [0.1, 0.15) is 22.9 Å². The van der Waals surface area contributed by atoms with E-state index in [1.54, 1.807) is 6.20 Å². The van der Waals surface area contributed by atoms with Gasteiger partial charge in [0.2, 0.25) is 5.71 Å². The molecule has 0 saturated carbocycles. The topological polar surface area (TPSA) is 62.8 Å². The molecule has 1 N–H and O–H groups in total. The fraction of sp³-hybridized carbons (Fsp3) is 0.0238. The van der Waals surface area contributed by atoms with Crippen LogP contribution in [0.3, 0.4) is 0 Å². The minimum Gasteiger partial charge on any atom is -0.438 e. The number of nitrogens with zero attached hydrogens (tertiary/aromatic N) is 3. The number of rotatable bonds is 3. The Hall–Kier alpha value is -6.33. The number of amidine groups is 2. The lowest BCUT2D eigenvalue weighted by Crippen LogP contribution is -2.33. The van der Waals surface area contributed by atoms with Gasteiger partial charge >= 0.3 is 0 Å². The molecular formula is C42H26N4O. The van der Waals surface area contributed by atoms with Gasteiger partial charge in [-0.2, -0.15) is 0 Å². The summed E-state index contributed by atoms with van der Waals surface area (Å²) >= 11 is 0. The summed E-state index contributed by atoms with van der Waals surface area (Å²) in [5.41, 5.74) is 4.39. The van der Waals surface area contributed by atoms with Crippen LogP contribution in [0.4, 0.5) is 0 Å². The average molecular weight is 603 g/mol. The number of benzene rings is 7. The van der Waals surface area contributed by atoms with Crippen molar-refractivity contribution in [1.82, 2.24) is 10.3 Å². The number of nitrogens with one attached hydrogen (secondary N) is 1. The molecule has 0 saturated heterocycles. The van der Waals surface area contributed by atoms with E-state index in [2.05, 4.69) is 132 Å². The quantitative estimate of drug-likeness (QED) is 0.205. The minimum absolute atomic E-state index is 0.365. The monoisotopic (exact) mass is 602 g/mol. The second-order valence-corrected chi connectivity index (χ2v) is 12.1. The van der Waals surface area contributed by atoms with Crippen LogP contribution in [-0.4, -0.2) is 16.7 Å². The largest absolute Gasteiger partial charge is 0.438 e. The molecule has 0 fully saturated rings. The second kappa shape index (κ2) is 10.1. The Balaban J connectivity index is 1.26. The highest BCUT2D eigenvalue weighted by molar-refractivity contribution is 6.27. The van der Waals surface area contributed by atoms with E-state index in [1.807, 2.05) is 18.2 Å². The van der Waals surface area contributed by atoms with Crippen LogP contribution in [0, 0.1) is 0 Å². The van der Waals surface area contributed by atoms with Gasteiger partial charge in [0.15, 0.2) is 5.84 Å². The smallest absolute Gasteiger partial charge is 0.227 e. The first kappa shape index (κ1) is 25.9. The summed E-state index contributed by atoms with van der Waals surface area (Å²) in [7, 11) is 0. The Morgan fingerprint density at radius 3 is 2.19 bits per heavy atom. The molecule has 0 spiro atoms. The molecular weight excluding hydrogens is 576 g/mol. The lowest BCUT2D eigenvalue weighted by molar-refractivity contribution is 0.654. The van der Waals surface area contributed by atoms with Crippen LogP contribution in [0.15, 0.2) is 160 Å². The molecule has 1 atom stereocenters. The van der Waals surface area contributed by atoms with Gasteiger partial charge in [-0.15, -0.1) is 0 Å². The van der Waals surface area contributed by atoms with Crippen molar-refractivity contribution in [2.24, 2.45) is 9.98 Å². The Kier molecular flexibility index (Phi) is 5.57. The van der Waals surface area contributed by atoms with Crippen molar-refractivity contribution in [3.05, 3.63) is 162 Å². The summed E-state index contributed by atoms with van der Waals surface area (Å²) in [6, 6.07) is 49.0. The second-order valence-electron chi connectivity index (χ2n) is 12.1. The number of aromatic nitrogens is 1. The van der Waals surface area contributed by atoms with E-state index >= 15 is 0 Å². The van der Waals surface area contributed by atoms with Gasteiger partial charge in [-0.3, -0.25) is 0 Å². The van der Waals surface area contributed by atoms with Crippen LogP contribution in [0.2, 0.25) is 0 Å². The SMILES string of the molecule is c1ccc2cc(C3N=C(c4cc5c6ccccc6ccc5c5ccccc45)N=C(c4cccc5oc6ncccc6c45)N3)ccc2c1. The Bertz CT molecular complexity index is 2790. The molecule has 0 amide bonds. The van der Waals surface area contributed by atoms with Gasteiger partial charge in [-0.25, -0.2) is 15.0 Å². The summed E-state index contributed by atoms with van der Waals surface area (Å²) in [4.78, 5) is 15.2. The standard InChI is InChI=1S/C42H26N4O/c1-2-11-27-23-28(19-18-25(27)9-1)39-44-40(33-15-7-17-37-38(33)34-16-8-22-43-42(34)47-37)46-41(45-39)36-24-35-29-12-4-3-10-26(29)20-21-32(35)30-13-5-6-14-31(30)36/h1-24,39H,(H,44,45,46). The van der Waals surface area contributed by atoms with Gasteiger partial charge < -0.3 is 9.73 Å². The van der Waals surface area contributed by atoms with Crippen molar-refractivity contribution in [3.63, 3.8) is 0 Å². The van der Waals surface area contributed by atoms with Gasteiger partial charge in [0.1, 0.15) is 17.6 Å². The Labute approximate surface area is 269 Å². The van der Waals surface area contributed by atoms with E-state index < -0.39 is 0 Å². The molecule has 220 valence electrons. The molecule has 3 heterocycles. The van der Waals surface area contributed by atoms with Crippen molar-refractivity contribution in [3.8, 4) is 0 Å². The number of aliphatic imine (C=N–C) groups is 2. The van der Waals surface area contributed by atoms with Crippen molar-refractivity contribution < 1.29 is 4.42 Å². The lowest BCUT2D eigenvalue weighted by atomic mass is 9.93. The van der Waals surface area contributed by atoms with E-state index in [0.29, 0.717) is 11.5 Å². The van der Waals surface area contributed by atoms with Crippen molar-refractivity contribution in [2.45, 2.75) is 6.17 Å². The van der Waals surface area contributed by atoms with Gasteiger partial charge in [-0.1, -0.05) is 109 Å². The summed E-state index contributed by atoms with van der Waals surface area (Å²) in [6.45, 7) is 0. The maximum Gasteiger partial charge on any atom is 0.227 e. The van der Waals surface area contributed by atoms with Gasteiger partial charge in [0.05, 0.1) is 0 Å². The van der Waals surface area contributed by atoms with Crippen LogP contribution < -0.4 is 5.32 Å². The normalized spacial score (nSPS) is 15.0. The van der Waals surface area contributed by atoms with E-state index in [4.69, 9.17) is 14.4 Å². The minimum atomic E-state index is -0.365. The van der Waals surface area contributed by atoms with Crippen LogP contribution >= 0.6 is 0 Å². The van der Waals surface area contributed by atoms with Crippen molar-refractivity contribution in [1.29, 1.82) is 0 Å². The Morgan fingerprint density at radius 1 is 0.532 bits per heavy atom. The molecule has 0 aliphatic carbocycles. The third-order valence-electron chi connectivity index (χ3n) is 9.37. The van der Waals surface area contributed by atoms with Crippen LogP contribution in [-0.2, 0) is 0 Å². The first-order chi connectivity index (χ1) is 23.3. The number of furan rings is 1. The van der Waals surface area contributed by atoms with E-state index in [1.165, 1.54) is 37.7 Å². The summed E-state index contributed by atoms with van der Waals surface area (Å²) in [5.74, 6) is 1.43. The van der Waals surface area contributed by atoms with Crippen molar-refractivity contribution in [2.75, 3.05) is 0 Å². The van der Waals surface area contributed by atoms with E-state index in [9.17, 15) is 0 Å². The third-order valence-corrected chi connectivity index (χ3v) is 9.37. The molecule has 47 heavy (non-hydrogen) atoms. The molecule has 7 aromatic carbocycles. The molecule has 1 aliphatic heterocycles. The third kappa shape index (κ3) is 4.07. The molecule has 1 unspecified atom stereocenters. The van der Waals surface area contributed by atoms with Gasteiger partial charge in [0, 0.05) is 28.1 Å². The first-order valence-corrected chi connectivity index (χ1v) is 15.8. The molecule has 10 rings (SSSR count). The van der Waals surface area contributed by atoms with E-state index in [-0.39, 0.29) is 6.17 Å². The fourth-order valence-corrected chi connectivity index (χ4v) is 7.16. The predicted octanol–water partition coefficient (Wildman–Crippen LogP) is 10.1. The van der Waals surface area contributed by atoms with Gasteiger partial charge in [-0.05, 0) is 79.0 Å². The number of hydrogen-bond acceptors (Lipinski definition) is 5. The van der Waals surface area contributed by atoms with Crippen molar-refractivity contribution >= 4 is 76.8 Å². The van der Waals surface area contributed by atoms with Crippen LogP contribution in [0.25, 0.3) is 65.2 Å². The average Bonchev–Trinajstić information content (AvgIpc) is 3.53. The Morgan fingerprint density at radius 2 is 1.28 bits per heavy atom. The highest BCUT2D eigenvalue weighted by atomic mass is 16.3. The number of hydrogen-bond donors (Lipinski definition) is 1.